The Morgan fingerprint density at radius 2 is 1.88 bits per heavy atom. The Bertz CT molecular complexity index is 1200. The van der Waals surface area contributed by atoms with Gasteiger partial charge in [0.2, 0.25) is 0 Å². The van der Waals surface area contributed by atoms with Gasteiger partial charge in [-0.05, 0) is 68.8 Å². The molecule has 32 heavy (non-hydrogen) atoms. The molecule has 2 aromatic carbocycles. The third-order valence-corrected chi connectivity index (χ3v) is 7.47. The van der Waals surface area contributed by atoms with E-state index in [2.05, 4.69) is 19.9 Å². The van der Waals surface area contributed by atoms with E-state index in [1.807, 2.05) is 18.4 Å². The fourth-order valence-electron chi connectivity index (χ4n) is 3.68. The molecule has 0 saturated carbocycles. The Balaban J connectivity index is 1.43. The summed E-state index contributed by atoms with van der Waals surface area (Å²) in [5.41, 5.74) is 2.61. The van der Waals surface area contributed by atoms with Gasteiger partial charge in [0.05, 0.1) is 10.6 Å². The molecule has 1 amide bonds. The maximum absolute atomic E-state index is 12.8. The summed E-state index contributed by atoms with van der Waals surface area (Å²) in [6.45, 7) is 4.83. The lowest BCUT2D eigenvalue weighted by Gasteiger charge is -2.25. The van der Waals surface area contributed by atoms with E-state index in [0.29, 0.717) is 10.8 Å². The second-order valence-electron chi connectivity index (χ2n) is 7.94. The number of carbonyl (C=O) groups is 1. The summed E-state index contributed by atoms with van der Waals surface area (Å²) in [7, 11) is -3.82. The molecule has 1 aliphatic heterocycles. The van der Waals surface area contributed by atoms with E-state index in [1.54, 1.807) is 30.3 Å². The summed E-state index contributed by atoms with van der Waals surface area (Å²) in [6, 6.07) is 13.1. The SMILES string of the molecule is Cc1cccc(NS(=O)(=O)c2cccc(C(=O)Nc3nc(CN4CCCCC4)cs3)c2)c1. The smallest absolute Gasteiger partial charge is 0.261 e. The number of hydrogen-bond donors (Lipinski definition) is 2. The Morgan fingerprint density at radius 3 is 2.66 bits per heavy atom. The van der Waals surface area contributed by atoms with Crippen LogP contribution in [0.1, 0.15) is 40.9 Å². The van der Waals surface area contributed by atoms with Gasteiger partial charge in [-0.15, -0.1) is 11.3 Å². The number of hydrogen-bond acceptors (Lipinski definition) is 6. The van der Waals surface area contributed by atoms with Crippen molar-refractivity contribution in [1.29, 1.82) is 0 Å². The number of anilines is 2. The molecule has 0 spiro atoms. The number of nitrogens with zero attached hydrogens (tertiary/aromatic N) is 2. The molecule has 7 nitrogen and oxygen atoms in total. The first-order chi connectivity index (χ1) is 15.4. The average Bonchev–Trinajstić information content (AvgIpc) is 3.21. The minimum atomic E-state index is -3.82. The van der Waals surface area contributed by atoms with Crippen molar-refractivity contribution in [2.75, 3.05) is 23.1 Å². The number of amides is 1. The molecule has 0 bridgehead atoms. The van der Waals surface area contributed by atoms with E-state index in [4.69, 9.17) is 0 Å². The number of carbonyl (C=O) groups excluding carboxylic acids is 1. The van der Waals surface area contributed by atoms with Crippen molar-refractivity contribution in [1.82, 2.24) is 9.88 Å². The monoisotopic (exact) mass is 470 g/mol. The molecule has 3 aromatic rings. The maximum Gasteiger partial charge on any atom is 0.261 e. The second kappa shape index (κ2) is 9.81. The number of piperidine rings is 1. The van der Waals surface area contributed by atoms with Gasteiger partial charge in [0.15, 0.2) is 5.13 Å². The van der Waals surface area contributed by atoms with Crippen LogP contribution in [-0.4, -0.2) is 37.3 Å². The molecule has 1 saturated heterocycles. The van der Waals surface area contributed by atoms with Crippen molar-refractivity contribution in [2.45, 2.75) is 37.6 Å². The van der Waals surface area contributed by atoms with Crippen LogP contribution in [0.4, 0.5) is 10.8 Å². The van der Waals surface area contributed by atoms with Crippen LogP contribution >= 0.6 is 11.3 Å². The lowest BCUT2D eigenvalue weighted by atomic mass is 10.1. The van der Waals surface area contributed by atoms with Gasteiger partial charge in [0, 0.05) is 23.2 Å². The number of aromatic nitrogens is 1. The van der Waals surface area contributed by atoms with Gasteiger partial charge in [-0.1, -0.05) is 24.6 Å². The fourth-order valence-corrected chi connectivity index (χ4v) is 5.47. The molecule has 1 fully saturated rings. The molecule has 168 valence electrons. The predicted octanol–water partition coefficient (Wildman–Crippen LogP) is 4.49. The van der Waals surface area contributed by atoms with E-state index in [0.717, 1.165) is 30.9 Å². The van der Waals surface area contributed by atoms with Gasteiger partial charge in [-0.3, -0.25) is 19.7 Å². The van der Waals surface area contributed by atoms with Gasteiger partial charge >= 0.3 is 0 Å². The third kappa shape index (κ3) is 5.73. The van der Waals surface area contributed by atoms with Crippen LogP contribution in [0.2, 0.25) is 0 Å². The van der Waals surface area contributed by atoms with Crippen LogP contribution in [0, 0.1) is 6.92 Å². The first-order valence-electron chi connectivity index (χ1n) is 10.6. The number of likely N-dealkylation sites (tertiary alicyclic amines) is 1. The van der Waals surface area contributed by atoms with Crippen LogP contribution in [0.3, 0.4) is 0 Å². The van der Waals surface area contributed by atoms with Gasteiger partial charge < -0.3 is 0 Å². The summed E-state index contributed by atoms with van der Waals surface area (Å²) >= 11 is 1.37. The van der Waals surface area contributed by atoms with Gasteiger partial charge in [-0.2, -0.15) is 0 Å². The second-order valence-corrected chi connectivity index (χ2v) is 10.5. The van der Waals surface area contributed by atoms with E-state index in [-0.39, 0.29) is 10.5 Å². The van der Waals surface area contributed by atoms with E-state index in [1.165, 1.54) is 42.7 Å². The molecule has 1 aliphatic rings. The highest BCUT2D eigenvalue weighted by Crippen LogP contribution is 2.21. The summed E-state index contributed by atoms with van der Waals surface area (Å²) in [6.07, 6.45) is 3.71. The van der Waals surface area contributed by atoms with Crippen LogP contribution in [0.5, 0.6) is 0 Å². The summed E-state index contributed by atoms with van der Waals surface area (Å²) in [4.78, 5) is 19.6. The number of rotatable bonds is 7. The standard InChI is InChI=1S/C23H26N4O3S2/c1-17-7-5-9-19(13-17)26-32(29,30)21-10-6-8-18(14-21)22(28)25-23-24-20(16-31-23)15-27-11-3-2-4-12-27/h5-10,13-14,16,26H,2-4,11-12,15H2,1H3,(H,24,25,28). The lowest BCUT2D eigenvalue weighted by Crippen LogP contribution is -2.29. The Kier molecular flexibility index (Phi) is 6.88. The number of thiazole rings is 1. The lowest BCUT2D eigenvalue weighted by molar-refractivity contribution is 0.102. The molecular weight excluding hydrogens is 444 g/mol. The number of benzene rings is 2. The van der Waals surface area contributed by atoms with Crippen LogP contribution in [0.25, 0.3) is 0 Å². The highest BCUT2D eigenvalue weighted by atomic mass is 32.2. The van der Waals surface area contributed by atoms with Crippen molar-refractivity contribution in [2.24, 2.45) is 0 Å². The summed E-state index contributed by atoms with van der Waals surface area (Å²) < 4.78 is 28.1. The molecule has 0 radical (unpaired) electrons. The normalized spacial score (nSPS) is 14.8. The largest absolute Gasteiger partial charge is 0.298 e. The first kappa shape index (κ1) is 22.4. The summed E-state index contributed by atoms with van der Waals surface area (Å²) in [5, 5.41) is 5.25. The Morgan fingerprint density at radius 1 is 1.09 bits per heavy atom. The Labute approximate surface area is 192 Å². The van der Waals surface area contributed by atoms with E-state index in [9.17, 15) is 13.2 Å². The first-order valence-corrected chi connectivity index (χ1v) is 12.9. The third-order valence-electron chi connectivity index (χ3n) is 5.28. The average molecular weight is 471 g/mol. The van der Waals surface area contributed by atoms with Crippen LogP contribution < -0.4 is 10.0 Å². The molecule has 2 N–H and O–H groups in total. The van der Waals surface area contributed by atoms with Gasteiger partial charge in [-0.25, -0.2) is 13.4 Å². The zero-order chi connectivity index (χ0) is 22.6. The van der Waals surface area contributed by atoms with E-state index < -0.39 is 15.9 Å². The van der Waals surface area contributed by atoms with E-state index >= 15 is 0 Å². The summed E-state index contributed by atoms with van der Waals surface area (Å²) in [5.74, 6) is -0.392. The van der Waals surface area contributed by atoms with Gasteiger partial charge in [0.1, 0.15) is 0 Å². The molecule has 9 heteroatoms. The molecule has 2 heterocycles. The molecule has 0 atom stereocenters. The zero-order valence-electron chi connectivity index (χ0n) is 17.9. The Hall–Kier alpha value is -2.75. The van der Waals surface area contributed by atoms with Crippen molar-refractivity contribution in [3.8, 4) is 0 Å². The molecule has 1 aromatic heterocycles. The van der Waals surface area contributed by atoms with Crippen LogP contribution in [0.15, 0.2) is 58.8 Å². The quantitative estimate of drug-likeness (QED) is 0.531. The van der Waals surface area contributed by atoms with Crippen molar-refractivity contribution >= 4 is 38.1 Å². The topological polar surface area (TPSA) is 91.4 Å². The maximum atomic E-state index is 12.8. The van der Waals surface area contributed by atoms with Gasteiger partial charge in [0.25, 0.3) is 15.9 Å². The molecular formula is C23H26N4O3S2. The van der Waals surface area contributed by atoms with Crippen molar-refractivity contribution < 1.29 is 13.2 Å². The molecule has 0 aliphatic carbocycles. The zero-order valence-corrected chi connectivity index (χ0v) is 19.5. The highest BCUT2D eigenvalue weighted by Gasteiger charge is 2.18. The number of aryl methyl sites for hydroxylation is 1. The minimum absolute atomic E-state index is 0.0246. The fraction of sp³-hybridized carbons (Fsp3) is 0.304. The van der Waals surface area contributed by atoms with Crippen LogP contribution in [-0.2, 0) is 16.6 Å². The van der Waals surface area contributed by atoms with Crippen molar-refractivity contribution in [3.05, 3.63) is 70.7 Å². The number of sulfonamides is 1. The predicted molar refractivity (Wildman–Crippen MR) is 128 cm³/mol. The molecule has 0 unspecified atom stereocenters. The number of nitrogens with one attached hydrogen (secondary N) is 2. The minimum Gasteiger partial charge on any atom is -0.298 e. The van der Waals surface area contributed by atoms with Crippen molar-refractivity contribution in [3.63, 3.8) is 0 Å². The molecule has 4 rings (SSSR count). The highest BCUT2D eigenvalue weighted by molar-refractivity contribution is 7.92.